The van der Waals surface area contributed by atoms with E-state index in [1.54, 1.807) is 6.26 Å². The Kier molecular flexibility index (Phi) is 1.60. The fourth-order valence-corrected chi connectivity index (χ4v) is 2.03. The zero-order valence-corrected chi connectivity index (χ0v) is 7.73. The molecule has 2 heterocycles. The lowest BCUT2D eigenvalue weighted by Gasteiger charge is -2.05. The maximum absolute atomic E-state index is 5.43. The molecule has 1 aromatic carbocycles. The van der Waals surface area contributed by atoms with E-state index in [-0.39, 0.29) is 0 Å². The number of fused-ring (bicyclic) bond motifs is 1. The topological polar surface area (TPSA) is 25.2 Å². The summed E-state index contributed by atoms with van der Waals surface area (Å²) in [4.78, 5) is 0. The van der Waals surface area contributed by atoms with Crippen molar-refractivity contribution >= 4 is 5.69 Å². The molecule has 1 aliphatic rings. The van der Waals surface area contributed by atoms with Crippen LogP contribution in [0.15, 0.2) is 47.1 Å². The molecule has 14 heavy (non-hydrogen) atoms. The highest BCUT2D eigenvalue weighted by molar-refractivity contribution is 5.59. The van der Waals surface area contributed by atoms with E-state index in [0.29, 0.717) is 5.92 Å². The van der Waals surface area contributed by atoms with E-state index in [2.05, 4.69) is 29.6 Å². The van der Waals surface area contributed by atoms with Crippen LogP contribution in [0.25, 0.3) is 0 Å². The minimum Gasteiger partial charge on any atom is -0.469 e. The summed E-state index contributed by atoms with van der Waals surface area (Å²) in [6, 6.07) is 12.4. The van der Waals surface area contributed by atoms with Crippen molar-refractivity contribution in [1.82, 2.24) is 0 Å². The fraction of sp³-hybridized carbons (Fsp3) is 0.167. The SMILES string of the molecule is c1coc(C2CNc3ccccc32)c1. The summed E-state index contributed by atoms with van der Waals surface area (Å²) in [6.07, 6.45) is 1.73. The first-order chi connectivity index (χ1) is 6.95. The molecule has 0 fully saturated rings. The summed E-state index contributed by atoms with van der Waals surface area (Å²) in [6.45, 7) is 0.937. The van der Waals surface area contributed by atoms with Gasteiger partial charge in [-0.05, 0) is 23.8 Å². The standard InChI is InChI=1S/C12H11NO/c1-2-5-11-9(4-1)10(8-13-11)12-6-3-7-14-12/h1-7,10,13H,8H2. The summed E-state index contributed by atoms with van der Waals surface area (Å²) in [7, 11) is 0. The Labute approximate surface area is 82.6 Å². The molecule has 2 nitrogen and oxygen atoms in total. The van der Waals surface area contributed by atoms with Gasteiger partial charge in [-0.2, -0.15) is 0 Å². The molecule has 0 spiro atoms. The van der Waals surface area contributed by atoms with Crippen LogP contribution >= 0.6 is 0 Å². The molecule has 0 radical (unpaired) electrons. The predicted molar refractivity (Wildman–Crippen MR) is 55.5 cm³/mol. The molecule has 70 valence electrons. The van der Waals surface area contributed by atoms with Gasteiger partial charge < -0.3 is 9.73 Å². The second kappa shape index (κ2) is 2.91. The summed E-state index contributed by atoms with van der Waals surface area (Å²) in [5.74, 6) is 1.42. The van der Waals surface area contributed by atoms with Gasteiger partial charge >= 0.3 is 0 Å². The van der Waals surface area contributed by atoms with Crippen molar-refractivity contribution in [1.29, 1.82) is 0 Å². The second-order valence-electron chi connectivity index (χ2n) is 3.54. The monoisotopic (exact) mass is 185 g/mol. The van der Waals surface area contributed by atoms with Crippen LogP contribution in [0.4, 0.5) is 5.69 Å². The van der Waals surface area contributed by atoms with Gasteiger partial charge in [0, 0.05) is 12.2 Å². The zero-order valence-electron chi connectivity index (χ0n) is 7.73. The maximum atomic E-state index is 5.43. The normalized spacial score (nSPS) is 19.0. The van der Waals surface area contributed by atoms with Gasteiger partial charge in [-0.15, -0.1) is 0 Å². The van der Waals surface area contributed by atoms with Gasteiger partial charge in [0.2, 0.25) is 0 Å². The van der Waals surface area contributed by atoms with Crippen LogP contribution in [0, 0.1) is 0 Å². The summed E-state index contributed by atoms with van der Waals surface area (Å²) < 4.78 is 5.43. The van der Waals surface area contributed by atoms with Gasteiger partial charge in [-0.25, -0.2) is 0 Å². The predicted octanol–water partition coefficient (Wildman–Crippen LogP) is 2.84. The first kappa shape index (κ1) is 7.68. The highest BCUT2D eigenvalue weighted by Gasteiger charge is 2.24. The number of benzene rings is 1. The number of nitrogens with one attached hydrogen (secondary N) is 1. The number of hydrogen-bond donors (Lipinski definition) is 1. The molecule has 0 saturated heterocycles. The minimum atomic E-state index is 0.376. The number of furan rings is 1. The zero-order chi connectivity index (χ0) is 9.38. The Balaban J connectivity index is 2.06. The van der Waals surface area contributed by atoms with E-state index in [4.69, 9.17) is 4.42 Å². The van der Waals surface area contributed by atoms with E-state index in [0.717, 1.165) is 12.3 Å². The van der Waals surface area contributed by atoms with Gasteiger partial charge in [-0.3, -0.25) is 0 Å². The minimum absolute atomic E-state index is 0.376. The Morgan fingerprint density at radius 1 is 1.14 bits per heavy atom. The third kappa shape index (κ3) is 1.04. The molecule has 2 aromatic rings. The second-order valence-corrected chi connectivity index (χ2v) is 3.54. The van der Waals surface area contributed by atoms with Crippen LogP contribution in [0.5, 0.6) is 0 Å². The Bertz CT molecular complexity index is 433. The lowest BCUT2D eigenvalue weighted by Crippen LogP contribution is -2.01. The van der Waals surface area contributed by atoms with Crippen molar-refractivity contribution < 1.29 is 4.42 Å². The van der Waals surface area contributed by atoms with E-state index in [9.17, 15) is 0 Å². The van der Waals surface area contributed by atoms with Crippen LogP contribution in [0.3, 0.4) is 0 Å². The van der Waals surface area contributed by atoms with E-state index in [1.165, 1.54) is 11.3 Å². The van der Waals surface area contributed by atoms with Gasteiger partial charge in [-0.1, -0.05) is 18.2 Å². The van der Waals surface area contributed by atoms with Crippen LogP contribution in [0.1, 0.15) is 17.2 Å². The Hall–Kier alpha value is -1.70. The average molecular weight is 185 g/mol. The summed E-state index contributed by atoms with van der Waals surface area (Å²) in [5.41, 5.74) is 2.57. The van der Waals surface area contributed by atoms with Crippen molar-refractivity contribution in [2.75, 3.05) is 11.9 Å². The smallest absolute Gasteiger partial charge is 0.113 e. The fourth-order valence-electron chi connectivity index (χ4n) is 2.03. The van der Waals surface area contributed by atoms with Gasteiger partial charge in [0.05, 0.1) is 12.2 Å². The molecule has 3 rings (SSSR count). The molecule has 0 aliphatic carbocycles. The number of anilines is 1. The third-order valence-corrected chi connectivity index (χ3v) is 2.72. The Morgan fingerprint density at radius 3 is 2.93 bits per heavy atom. The molecule has 1 unspecified atom stereocenters. The van der Waals surface area contributed by atoms with Crippen molar-refractivity contribution in [3.8, 4) is 0 Å². The van der Waals surface area contributed by atoms with Gasteiger partial charge in [0.15, 0.2) is 0 Å². The molecule has 1 aliphatic heterocycles. The molecule has 0 amide bonds. The van der Waals surface area contributed by atoms with Crippen LogP contribution in [-0.2, 0) is 0 Å². The first-order valence-electron chi connectivity index (χ1n) is 4.81. The third-order valence-electron chi connectivity index (χ3n) is 2.72. The molecule has 1 aromatic heterocycles. The molecule has 0 saturated carbocycles. The summed E-state index contributed by atoms with van der Waals surface area (Å²) >= 11 is 0. The van der Waals surface area contributed by atoms with Crippen LogP contribution < -0.4 is 5.32 Å². The highest BCUT2D eigenvalue weighted by Crippen LogP contribution is 2.35. The highest BCUT2D eigenvalue weighted by atomic mass is 16.3. The summed E-state index contributed by atoms with van der Waals surface area (Å²) in [5, 5.41) is 3.38. The molecular formula is C12H11NO. The van der Waals surface area contributed by atoms with Gasteiger partial charge in [0.1, 0.15) is 5.76 Å². The molecular weight excluding hydrogens is 174 g/mol. The van der Waals surface area contributed by atoms with Crippen molar-refractivity contribution in [3.05, 3.63) is 54.0 Å². The molecule has 0 bridgehead atoms. The van der Waals surface area contributed by atoms with Crippen molar-refractivity contribution in [2.24, 2.45) is 0 Å². The van der Waals surface area contributed by atoms with Crippen LogP contribution in [-0.4, -0.2) is 6.54 Å². The maximum Gasteiger partial charge on any atom is 0.113 e. The molecule has 1 atom stereocenters. The van der Waals surface area contributed by atoms with E-state index in [1.807, 2.05) is 12.1 Å². The molecule has 2 heteroatoms. The van der Waals surface area contributed by atoms with E-state index >= 15 is 0 Å². The largest absolute Gasteiger partial charge is 0.469 e. The number of hydrogen-bond acceptors (Lipinski definition) is 2. The lowest BCUT2D eigenvalue weighted by molar-refractivity contribution is 0.495. The molecule has 1 N–H and O–H groups in total. The van der Waals surface area contributed by atoms with Crippen molar-refractivity contribution in [2.45, 2.75) is 5.92 Å². The van der Waals surface area contributed by atoms with E-state index < -0.39 is 0 Å². The number of rotatable bonds is 1. The quantitative estimate of drug-likeness (QED) is 0.739. The van der Waals surface area contributed by atoms with Crippen molar-refractivity contribution in [3.63, 3.8) is 0 Å². The first-order valence-corrected chi connectivity index (χ1v) is 4.81. The number of para-hydroxylation sites is 1. The van der Waals surface area contributed by atoms with Gasteiger partial charge in [0.25, 0.3) is 0 Å². The van der Waals surface area contributed by atoms with Crippen LogP contribution in [0.2, 0.25) is 0 Å². The lowest BCUT2D eigenvalue weighted by atomic mass is 9.99. The average Bonchev–Trinajstić information content (AvgIpc) is 2.85. The Morgan fingerprint density at radius 2 is 2.07 bits per heavy atom.